The van der Waals surface area contributed by atoms with E-state index in [0.717, 1.165) is 22.7 Å². The van der Waals surface area contributed by atoms with Crippen molar-refractivity contribution in [3.63, 3.8) is 0 Å². The van der Waals surface area contributed by atoms with Gasteiger partial charge >= 0.3 is 11.9 Å². The third kappa shape index (κ3) is 4.86. The molecule has 1 aromatic heterocycles. The molecule has 3 aromatic rings. The summed E-state index contributed by atoms with van der Waals surface area (Å²) in [7, 11) is 0. The Balaban J connectivity index is 1.59. The van der Waals surface area contributed by atoms with Crippen molar-refractivity contribution >= 4 is 64.1 Å². The SMILES string of the molecule is O=C(O)c1cc(C(=O)O)cc(-c2ccc(/C=C3/SC(=O)N(Cc4ccc(Cl)cc4Cl)C3=O)o2)c1. The maximum atomic E-state index is 12.8. The fourth-order valence-electron chi connectivity index (χ4n) is 3.19. The van der Waals surface area contributed by atoms with Crippen molar-refractivity contribution in [2.75, 3.05) is 0 Å². The predicted molar refractivity (Wildman–Crippen MR) is 126 cm³/mol. The molecule has 1 saturated heterocycles. The molecule has 1 aliphatic rings. The second-order valence-corrected chi connectivity index (χ2v) is 8.95. The van der Waals surface area contributed by atoms with Crippen molar-refractivity contribution in [2.24, 2.45) is 0 Å². The zero-order valence-electron chi connectivity index (χ0n) is 17.0. The largest absolute Gasteiger partial charge is 0.478 e. The van der Waals surface area contributed by atoms with Crippen LogP contribution in [0.3, 0.4) is 0 Å². The minimum atomic E-state index is -1.29. The van der Waals surface area contributed by atoms with Crippen LogP contribution in [0.2, 0.25) is 10.0 Å². The fraction of sp³-hybridized carbons (Fsp3) is 0.0435. The number of amides is 2. The molecule has 4 rings (SSSR count). The van der Waals surface area contributed by atoms with E-state index in [-0.39, 0.29) is 39.7 Å². The lowest BCUT2D eigenvalue weighted by atomic mass is 10.0. The number of benzene rings is 2. The van der Waals surface area contributed by atoms with Gasteiger partial charge < -0.3 is 14.6 Å². The monoisotopic (exact) mass is 517 g/mol. The first-order valence-electron chi connectivity index (χ1n) is 9.53. The molecule has 11 heteroatoms. The van der Waals surface area contributed by atoms with E-state index in [0.29, 0.717) is 15.6 Å². The van der Waals surface area contributed by atoms with Gasteiger partial charge in [0.2, 0.25) is 0 Å². The highest BCUT2D eigenvalue weighted by atomic mass is 35.5. The first-order valence-corrected chi connectivity index (χ1v) is 11.1. The number of carboxylic acid groups (broad SMARTS) is 2. The lowest BCUT2D eigenvalue weighted by Crippen LogP contribution is -2.27. The molecule has 0 spiro atoms. The topological polar surface area (TPSA) is 125 Å². The molecule has 0 aliphatic carbocycles. The van der Waals surface area contributed by atoms with E-state index in [1.807, 2.05) is 0 Å². The van der Waals surface area contributed by atoms with Crippen molar-refractivity contribution in [3.05, 3.63) is 85.9 Å². The van der Waals surface area contributed by atoms with Crippen LogP contribution in [0.4, 0.5) is 4.79 Å². The zero-order valence-corrected chi connectivity index (χ0v) is 19.3. The van der Waals surface area contributed by atoms with E-state index in [2.05, 4.69) is 0 Å². The zero-order chi connectivity index (χ0) is 24.6. The second-order valence-electron chi connectivity index (χ2n) is 7.11. The highest BCUT2D eigenvalue weighted by molar-refractivity contribution is 8.18. The average molecular weight is 518 g/mol. The molecule has 0 saturated carbocycles. The van der Waals surface area contributed by atoms with Crippen molar-refractivity contribution in [1.29, 1.82) is 0 Å². The van der Waals surface area contributed by atoms with Crippen LogP contribution in [0.1, 0.15) is 32.0 Å². The number of thioether (sulfide) groups is 1. The normalized spacial score (nSPS) is 14.8. The molecule has 172 valence electrons. The molecule has 2 amide bonds. The molecule has 2 heterocycles. The Morgan fingerprint density at radius 2 is 1.65 bits per heavy atom. The molecule has 2 N–H and O–H groups in total. The summed E-state index contributed by atoms with van der Waals surface area (Å²) in [6, 6.07) is 11.4. The summed E-state index contributed by atoms with van der Waals surface area (Å²) in [5.41, 5.74) is 0.370. The molecule has 1 fully saturated rings. The average Bonchev–Trinajstić information content (AvgIpc) is 3.35. The van der Waals surface area contributed by atoms with Crippen LogP contribution in [-0.4, -0.2) is 38.2 Å². The summed E-state index contributed by atoms with van der Waals surface area (Å²) in [5.74, 6) is -2.68. The highest BCUT2D eigenvalue weighted by Crippen LogP contribution is 2.35. The van der Waals surface area contributed by atoms with Crippen molar-refractivity contribution in [1.82, 2.24) is 4.90 Å². The smallest absolute Gasteiger partial charge is 0.335 e. The third-order valence-electron chi connectivity index (χ3n) is 4.83. The van der Waals surface area contributed by atoms with Gasteiger partial charge in [0, 0.05) is 21.7 Å². The quantitative estimate of drug-likeness (QED) is 0.387. The molecule has 8 nitrogen and oxygen atoms in total. The molecular formula is C23H13Cl2NO7S. The summed E-state index contributed by atoms with van der Waals surface area (Å²) >= 11 is 12.8. The van der Waals surface area contributed by atoms with Gasteiger partial charge in [0.15, 0.2) is 0 Å². The number of hydrogen-bond acceptors (Lipinski definition) is 6. The molecule has 1 aliphatic heterocycles. The van der Waals surface area contributed by atoms with Gasteiger partial charge in [-0.15, -0.1) is 0 Å². The number of nitrogens with zero attached hydrogens (tertiary/aromatic N) is 1. The summed E-state index contributed by atoms with van der Waals surface area (Å²) in [4.78, 5) is 49.1. The van der Waals surface area contributed by atoms with Crippen molar-refractivity contribution < 1.29 is 33.8 Å². The van der Waals surface area contributed by atoms with Crippen molar-refractivity contribution in [3.8, 4) is 11.3 Å². The van der Waals surface area contributed by atoms with E-state index in [4.69, 9.17) is 27.6 Å². The number of aromatic carboxylic acids is 2. The van der Waals surface area contributed by atoms with Crippen LogP contribution in [0, 0.1) is 0 Å². The second kappa shape index (κ2) is 9.38. The minimum Gasteiger partial charge on any atom is -0.478 e. The summed E-state index contributed by atoms with van der Waals surface area (Å²) in [6.07, 6.45) is 1.39. The van der Waals surface area contributed by atoms with Gasteiger partial charge in [-0.3, -0.25) is 14.5 Å². The highest BCUT2D eigenvalue weighted by Gasteiger charge is 2.35. The number of rotatable bonds is 6. The lowest BCUT2D eigenvalue weighted by molar-refractivity contribution is -0.123. The van der Waals surface area contributed by atoms with Gasteiger partial charge in [-0.2, -0.15) is 0 Å². The number of furan rings is 1. The Labute approximate surface area is 206 Å². The van der Waals surface area contributed by atoms with Crippen LogP contribution < -0.4 is 0 Å². The van der Waals surface area contributed by atoms with Gasteiger partial charge in [0.05, 0.1) is 22.6 Å². The first kappa shape index (κ1) is 23.6. The van der Waals surface area contributed by atoms with Gasteiger partial charge in [-0.1, -0.05) is 29.3 Å². The maximum Gasteiger partial charge on any atom is 0.335 e. The molecule has 0 atom stereocenters. The third-order valence-corrected chi connectivity index (χ3v) is 6.32. The van der Waals surface area contributed by atoms with Crippen LogP contribution in [0.25, 0.3) is 17.4 Å². The van der Waals surface area contributed by atoms with Crippen molar-refractivity contribution in [2.45, 2.75) is 6.54 Å². The minimum absolute atomic E-state index is 0.0264. The Kier molecular flexibility index (Phi) is 6.52. The molecular weight excluding hydrogens is 505 g/mol. The molecule has 34 heavy (non-hydrogen) atoms. The fourth-order valence-corrected chi connectivity index (χ4v) is 4.47. The van der Waals surface area contributed by atoms with Crippen LogP contribution in [-0.2, 0) is 11.3 Å². The number of imide groups is 1. The number of carbonyl (C=O) groups excluding carboxylic acids is 2. The van der Waals surface area contributed by atoms with Crippen LogP contribution in [0.15, 0.2) is 57.9 Å². The molecule has 0 radical (unpaired) electrons. The van der Waals surface area contributed by atoms with Crippen LogP contribution in [0.5, 0.6) is 0 Å². The lowest BCUT2D eigenvalue weighted by Gasteiger charge is -2.13. The van der Waals surface area contributed by atoms with Gasteiger partial charge in [0.1, 0.15) is 11.5 Å². The maximum absolute atomic E-state index is 12.8. The standard InChI is InChI=1S/C23H13Cl2NO7S/c24-15-2-1-11(17(25)8-15)10-26-20(27)19(34-23(26)32)9-16-3-4-18(33-16)12-5-13(21(28)29)7-14(6-12)22(30)31/h1-9H,10H2,(H,28,29)(H,30,31)/b19-9+. The number of hydrogen-bond donors (Lipinski definition) is 2. The van der Waals surface area contributed by atoms with Gasteiger partial charge in [-0.25, -0.2) is 9.59 Å². The first-order chi connectivity index (χ1) is 16.1. The Hall–Kier alpha value is -3.53. The summed E-state index contributed by atoms with van der Waals surface area (Å²) in [5, 5.41) is 18.8. The van der Waals surface area contributed by atoms with E-state index in [1.54, 1.807) is 12.1 Å². The number of carboxylic acids is 2. The Morgan fingerprint density at radius 1 is 0.971 bits per heavy atom. The predicted octanol–water partition coefficient (Wildman–Crippen LogP) is 5.89. The Morgan fingerprint density at radius 3 is 2.26 bits per heavy atom. The molecule has 0 bridgehead atoms. The summed E-state index contributed by atoms with van der Waals surface area (Å²) < 4.78 is 5.68. The molecule has 0 unspecified atom stereocenters. The van der Waals surface area contributed by atoms with E-state index < -0.39 is 23.1 Å². The van der Waals surface area contributed by atoms with E-state index in [1.165, 1.54) is 36.4 Å². The Bertz CT molecular complexity index is 1360. The van der Waals surface area contributed by atoms with E-state index >= 15 is 0 Å². The van der Waals surface area contributed by atoms with Gasteiger partial charge in [0.25, 0.3) is 11.1 Å². The van der Waals surface area contributed by atoms with Crippen LogP contribution >= 0.6 is 35.0 Å². The number of carbonyl (C=O) groups is 4. The summed E-state index contributed by atoms with van der Waals surface area (Å²) in [6.45, 7) is -0.0264. The molecule has 2 aromatic carbocycles. The number of halogens is 2. The van der Waals surface area contributed by atoms with E-state index in [9.17, 15) is 29.4 Å². The van der Waals surface area contributed by atoms with Gasteiger partial charge in [-0.05, 0) is 59.8 Å².